The van der Waals surface area contributed by atoms with E-state index in [0.717, 1.165) is 6.92 Å². The van der Waals surface area contributed by atoms with Gasteiger partial charge in [-0.25, -0.2) is 0 Å². The molecule has 0 aliphatic carbocycles. The van der Waals surface area contributed by atoms with Crippen molar-refractivity contribution in [1.29, 1.82) is 0 Å². The van der Waals surface area contributed by atoms with Gasteiger partial charge in [0, 0.05) is 0 Å². The maximum absolute atomic E-state index is 10.2. The Morgan fingerprint density at radius 1 is 1.56 bits per heavy atom. The van der Waals surface area contributed by atoms with Crippen LogP contribution < -0.4 is 0 Å². The van der Waals surface area contributed by atoms with Crippen molar-refractivity contribution in [3.8, 4) is 0 Å². The molecule has 0 saturated carbocycles. The topological polar surface area (TPSA) is 60.4 Å². The Morgan fingerprint density at radius 3 is 2.44 bits per heavy atom. The Bertz CT molecular complexity index is 142. The van der Waals surface area contributed by atoms with E-state index in [9.17, 15) is 13.3 Å². The molecule has 0 bridgehead atoms. The first kappa shape index (κ1) is 8.52. The van der Waals surface area contributed by atoms with Crippen molar-refractivity contribution in [2.45, 2.75) is 12.1 Å². The summed E-state index contributed by atoms with van der Waals surface area (Å²) in [5.74, 6) is -1.37. The first-order chi connectivity index (χ1) is 4.16. The predicted molar refractivity (Wildman–Crippen MR) is 22.3 cm³/mol. The molecule has 9 heavy (non-hydrogen) atoms. The second-order valence-electron chi connectivity index (χ2n) is 1.25. The van der Waals surface area contributed by atoms with E-state index >= 15 is 0 Å². The summed E-state index contributed by atoms with van der Waals surface area (Å²) in [5, 5.41) is -0.143. The molecule has 0 aromatic carbocycles. The van der Waals surface area contributed by atoms with Gasteiger partial charge in [-0.05, 0) is 0 Å². The third kappa shape index (κ3) is 5.39. The van der Waals surface area contributed by atoms with E-state index < -0.39 is 28.2 Å². The molecule has 0 unspecified atom stereocenters. The van der Waals surface area contributed by atoms with Gasteiger partial charge in [0.1, 0.15) is 0 Å². The average molecular weight is 168 g/mol. The van der Waals surface area contributed by atoms with Crippen molar-refractivity contribution in [2.75, 3.05) is 0 Å². The van der Waals surface area contributed by atoms with Gasteiger partial charge in [0.05, 0.1) is 0 Å². The molecule has 0 fully saturated rings. The second-order valence-corrected chi connectivity index (χ2v) is 2.15. The maximum atomic E-state index is 10.2. The number of esters is 2. The molecule has 0 amide bonds. The molecule has 0 radical (unpaired) electrons. The van der Waals surface area contributed by atoms with Gasteiger partial charge in [-0.15, -0.1) is 0 Å². The van der Waals surface area contributed by atoms with Gasteiger partial charge in [-0.2, -0.15) is 0 Å². The van der Waals surface area contributed by atoms with Gasteiger partial charge in [0.25, 0.3) is 0 Å². The number of rotatable bonds is 2. The molecule has 0 spiro atoms. The van der Waals surface area contributed by atoms with Crippen LogP contribution in [0.3, 0.4) is 0 Å². The Morgan fingerprint density at radius 2 is 2.11 bits per heavy atom. The Balaban J connectivity index is 3.50. The third-order valence-corrected chi connectivity index (χ3v) is 1.06. The Hall–Kier alpha value is -0.476. The summed E-state index contributed by atoms with van der Waals surface area (Å²) in [5.41, 5.74) is 0. The first-order valence-electron chi connectivity index (χ1n) is 2.17. The molecule has 0 aromatic heterocycles. The summed E-state index contributed by atoms with van der Waals surface area (Å²) >= 11 is -1.22. The van der Waals surface area contributed by atoms with Crippen LogP contribution in [0.1, 0.15) is 6.92 Å². The van der Waals surface area contributed by atoms with E-state index in [2.05, 4.69) is 4.74 Å². The van der Waals surface area contributed by atoms with Crippen molar-refractivity contribution in [2.24, 2.45) is 0 Å². The number of hydrogen-bond donors (Lipinski definition) is 0. The van der Waals surface area contributed by atoms with Crippen molar-refractivity contribution in [3.05, 3.63) is 0 Å². The van der Waals surface area contributed by atoms with E-state index in [1.54, 1.807) is 0 Å². The van der Waals surface area contributed by atoms with Crippen LogP contribution in [0, 0.1) is 0 Å². The standard InChI is InChI=1S/C4H5O3.O.V/c1-3(5)7-4(2)6;;/h1H2,2H3;;. The first-order valence-corrected chi connectivity index (χ1v) is 3.73. The molecular formula is C4H5O4V. The van der Waals surface area contributed by atoms with Crippen LogP contribution >= 0.6 is 0 Å². The van der Waals surface area contributed by atoms with Crippen LogP contribution in [-0.2, 0) is 34.2 Å². The van der Waals surface area contributed by atoms with Gasteiger partial charge in [-0.1, -0.05) is 0 Å². The molecule has 0 aliphatic heterocycles. The molecule has 0 saturated heterocycles. The van der Waals surface area contributed by atoms with Gasteiger partial charge < -0.3 is 0 Å². The van der Waals surface area contributed by atoms with E-state index in [1.807, 2.05) is 0 Å². The molecule has 4 nitrogen and oxygen atoms in total. The summed E-state index contributed by atoms with van der Waals surface area (Å²) in [7, 11) is 0. The third-order valence-electron chi connectivity index (χ3n) is 0.451. The Kier molecular flexibility index (Phi) is 4.17. The molecule has 50 valence electrons. The molecule has 0 aliphatic rings. The molecule has 0 atom stereocenters. The van der Waals surface area contributed by atoms with E-state index in [-0.39, 0.29) is 5.13 Å². The molecule has 0 rings (SSSR count). The normalized spacial score (nSPS) is 8.11. The van der Waals surface area contributed by atoms with Crippen LogP contribution in [0.15, 0.2) is 0 Å². The van der Waals surface area contributed by atoms with Crippen molar-refractivity contribution in [3.63, 3.8) is 0 Å². The van der Waals surface area contributed by atoms with Crippen molar-refractivity contribution < 1.29 is 34.2 Å². The molecule has 0 aromatic rings. The van der Waals surface area contributed by atoms with Gasteiger partial charge in [0.15, 0.2) is 0 Å². The average Bonchev–Trinajstić information content (AvgIpc) is 1.63. The molecule has 0 N–H and O–H groups in total. The zero-order chi connectivity index (χ0) is 7.28. The summed E-state index contributed by atoms with van der Waals surface area (Å²) in [6.45, 7) is 1.12. The molecule has 5 heteroatoms. The zero-order valence-corrected chi connectivity index (χ0v) is 6.18. The van der Waals surface area contributed by atoms with Gasteiger partial charge in [-0.3, -0.25) is 0 Å². The van der Waals surface area contributed by atoms with E-state index in [0.29, 0.717) is 0 Å². The van der Waals surface area contributed by atoms with Crippen LogP contribution in [0.4, 0.5) is 0 Å². The van der Waals surface area contributed by atoms with Crippen molar-refractivity contribution >= 4 is 11.9 Å². The van der Waals surface area contributed by atoms with Crippen molar-refractivity contribution in [1.82, 2.24) is 0 Å². The van der Waals surface area contributed by atoms with Crippen LogP contribution in [0.5, 0.6) is 0 Å². The van der Waals surface area contributed by atoms with Crippen LogP contribution in [0.25, 0.3) is 0 Å². The summed E-state index contributed by atoms with van der Waals surface area (Å²) in [6.07, 6.45) is 0. The van der Waals surface area contributed by atoms with Crippen LogP contribution in [0.2, 0.25) is 5.13 Å². The fourth-order valence-electron chi connectivity index (χ4n) is 0.245. The molecule has 0 heterocycles. The summed E-state index contributed by atoms with van der Waals surface area (Å²) < 4.78 is 13.8. The quantitative estimate of drug-likeness (QED) is 0.427. The zero-order valence-electron chi connectivity index (χ0n) is 4.79. The predicted octanol–water partition coefficient (Wildman–Crippen LogP) is -0.0776. The second kappa shape index (κ2) is 4.41. The van der Waals surface area contributed by atoms with E-state index in [1.165, 1.54) is 0 Å². The fourth-order valence-corrected chi connectivity index (χ4v) is 0.511. The van der Waals surface area contributed by atoms with E-state index in [4.69, 9.17) is 0 Å². The Labute approximate surface area is 58.8 Å². The van der Waals surface area contributed by atoms with Gasteiger partial charge in [0.2, 0.25) is 0 Å². The minimum atomic E-state index is -1.22. The monoisotopic (exact) mass is 168 g/mol. The summed E-state index contributed by atoms with van der Waals surface area (Å²) in [6, 6.07) is 0. The number of hydrogen-bond acceptors (Lipinski definition) is 4. The van der Waals surface area contributed by atoms with Gasteiger partial charge >= 0.3 is 58.2 Å². The number of carbonyl (C=O) groups excluding carboxylic acids is 2. The fraction of sp³-hybridized carbons (Fsp3) is 0.500. The number of carbonyl (C=O) groups is 2. The van der Waals surface area contributed by atoms with Crippen LogP contribution in [-0.4, -0.2) is 11.9 Å². The number of ether oxygens (including phenoxy) is 1. The minimum absolute atomic E-state index is 0.143. The summed E-state index contributed by atoms with van der Waals surface area (Å²) in [4.78, 5) is 20.2. The molecular weight excluding hydrogens is 163 g/mol. The SMILES string of the molecule is CC(=O)OC(=O)[CH2][V]=[O].